The van der Waals surface area contributed by atoms with Crippen LogP contribution in [0, 0.1) is 6.92 Å². The molecule has 5 nitrogen and oxygen atoms in total. The molecule has 2 rings (SSSR count). The van der Waals surface area contributed by atoms with E-state index in [0.717, 1.165) is 6.26 Å². The molecule has 0 saturated carbocycles. The molecule has 25 heavy (non-hydrogen) atoms. The zero-order valence-corrected chi connectivity index (χ0v) is 15.7. The van der Waals surface area contributed by atoms with Crippen molar-refractivity contribution in [2.45, 2.75) is 30.9 Å². The number of rotatable bonds is 5. The van der Waals surface area contributed by atoms with E-state index in [1.54, 1.807) is 50.2 Å². The molecule has 0 heterocycles. The van der Waals surface area contributed by atoms with Gasteiger partial charge in [-0.1, -0.05) is 29.8 Å². The molecule has 0 saturated heterocycles. The summed E-state index contributed by atoms with van der Waals surface area (Å²) in [6.45, 7) is 3.34. The van der Waals surface area contributed by atoms with Crippen LogP contribution in [0.2, 0.25) is 5.02 Å². The Labute approximate surface area is 152 Å². The lowest BCUT2D eigenvalue weighted by Gasteiger charge is -2.21. The summed E-state index contributed by atoms with van der Waals surface area (Å²) in [5.74, 6) is -0.453. The van der Waals surface area contributed by atoms with Crippen LogP contribution in [0.3, 0.4) is 0 Å². The van der Waals surface area contributed by atoms with Crippen molar-refractivity contribution in [1.29, 1.82) is 0 Å². The van der Waals surface area contributed by atoms with Gasteiger partial charge >= 0.3 is 0 Å². The second kappa shape index (κ2) is 7.56. The summed E-state index contributed by atoms with van der Waals surface area (Å²) in [5, 5.41) is 13.6. The second-order valence-electron chi connectivity index (χ2n) is 6.01. The van der Waals surface area contributed by atoms with Crippen LogP contribution in [0.1, 0.15) is 34.5 Å². The molecule has 0 radical (unpaired) electrons. The van der Waals surface area contributed by atoms with Gasteiger partial charge in [0.25, 0.3) is 5.91 Å². The number of carbonyl (C=O) groups is 1. The van der Waals surface area contributed by atoms with Crippen LogP contribution in [0.25, 0.3) is 0 Å². The number of aliphatic hydroxyl groups is 1. The summed E-state index contributed by atoms with van der Waals surface area (Å²) < 4.78 is 23.6. The zero-order chi connectivity index (χ0) is 18.8. The lowest BCUT2D eigenvalue weighted by Crippen LogP contribution is -2.37. The number of benzene rings is 2. The average Bonchev–Trinajstić information content (AvgIpc) is 2.54. The Morgan fingerprint density at radius 2 is 1.76 bits per heavy atom. The molecule has 2 atom stereocenters. The van der Waals surface area contributed by atoms with E-state index in [1.807, 2.05) is 0 Å². The van der Waals surface area contributed by atoms with E-state index in [0.29, 0.717) is 16.1 Å². The topological polar surface area (TPSA) is 83.5 Å². The third-order valence-electron chi connectivity index (χ3n) is 3.89. The lowest BCUT2D eigenvalue weighted by molar-refractivity contribution is 0.0852. The summed E-state index contributed by atoms with van der Waals surface area (Å²) >= 11 is 5.82. The second-order valence-corrected chi connectivity index (χ2v) is 8.43. The van der Waals surface area contributed by atoms with Crippen LogP contribution in [-0.2, 0) is 9.84 Å². The van der Waals surface area contributed by atoms with E-state index in [9.17, 15) is 18.3 Å². The maximum Gasteiger partial charge on any atom is 0.251 e. The van der Waals surface area contributed by atoms with E-state index < -0.39 is 27.9 Å². The van der Waals surface area contributed by atoms with Crippen LogP contribution in [0.15, 0.2) is 47.4 Å². The molecule has 134 valence electrons. The minimum Gasteiger partial charge on any atom is -0.386 e. The predicted octanol–water partition coefficient (Wildman–Crippen LogP) is 2.90. The Bertz CT molecular complexity index is 878. The highest BCUT2D eigenvalue weighted by atomic mass is 35.5. The van der Waals surface area contributed by atoms with E-state index in [2.05, 4.69) is 5.32 Å². The molecule has 0 fully saturated rings. The van der Waals surface area contributed by atoms with Gasteiger partial charge in [-0.05, 0) is 49.2 Å². The molecule has 2 aromatic rings. The fourth-order valence-electron chi connectivity index (χ4n) is 2.46. The molecule has 0 spiro atoms. The minimum atomic E-state index is -3.42. The Kier molecular flexibility index (Phi) is 5.87. The number of aliphatic hydroxyl groups excluding tert-OH is 1. The maximum absolute atomic E-state index is 12.4. The van der Waals surface area contributed by atoms with Crippen molar-refractivity contribution < 1.29 is 18.3 Å². The molecule has 0 bridgehead atoms. The van der Waals surface area contributed by atoms with Crippen molar-refractivity contribution in [1.82, 2.24) is 5.32 Å². The van der Waals surface area contributed by atoms with E-state index in [4.69, 9.17) is 11.6 Å². The van der Waals surface area contributed by atoms with Gasteiger partial charge in [-0.2, -0.15) is 0 Å². The summed E-state index contributed by atoms with van der Waals surface area (Å²) in [5.41, 5.74) is 1.42. The number of carbonyl (C=O) groups excluding carboxylic acids is 1. The zero-order valence-electron chi connectivity index (χ0n) is 14.2. The Hall–Kier alpha value is -1.89. The number of sulfone groups is 1. The Morgan fingerprint density at radius 1 is 1.16 bits per heavy atom. The Morgan fingerprint density at radius 3 is 2.32 bits per heavy atom. The number of hydrogen-bond acceptors (Lipinski definition) is 4. The van der Waals surface area contributed by atoms with Crippen molar-refractivity contribution in [2.24, 2.45) is 0 Å². The van der Waals surface area contributed by atoms with Gasteiger partial charge in [-0.3, -0.25) is 4.79 Å². The molecule has 2 aromatic carbocycles. The molecule has 0 aliphatic carbocycles. The monoisotopic (exact) mass is 381 g/mol. The number of hydrogen-bond donors (Lipinski definition) is 2. The summed E-state index contributed by atoms with van der Waals surface area (Å²) in [7, 11) is -3.42. The van der Waals surface area contributed by atoms with Crippen molar-refractivity contribution in [3.8, 4) is 0 Å². The number of aryl methyl sites for hydroxylation is 1. The van der Waals surface area contributed by atoms with Crippen molar-refractivity contribution in [3.05, 3.63) is 64.2 Å². The smallest absolute Gasteiger partial charge is 0.251 e. The van der Waals surface area contributed by atoms with Crippen molar-refractivity contribution >= 4 is 27.3 Å². The third-order valence-corrected chi connectivity index (χ3v) is 5.38. The summed E-state index contributed by atoms with van der Waals surface area (Å²) in [6, 6.07) is 10.6. The summed E-state index contributed by atoms with van der Waals surface area (Å²) in [6.07, 6.45) is 0.185. The standard InChI is InChI=1S/C18H20ClNO4S/c1-11-4-5-14(10-16(11)25(3,23)24)18(22)20-12(2)17(21)13-6-8-15(19)9-7-13/h4-10,12,17,21H,1-3H3,(H,20,22)/t12-,17-/m0/s1. The van der Waals surface area contributed by atoms with Crippen LogP contribution in [0.5, 0.6) is 0 Å². The van der Waals surface area contributed by atoms with Crippen LogP contribution in [-0.4, -0.2) is 31.7 Å². The van der Waals surface area contributed by atoms with Crippen LogP contribution < -0.4 is 5.32 Å². The van der Waals surface area contributed by atoms with Gasteiger partial charge < -0.3 is 10.4 Å². The summed E-state index contributed by atoms with van der Waals surface area (Å²) in [4.78, 5) is 12.5. The van der Waals surface area contributed by atoms with E-state index in [-0.39, 0.29) is 10.5 Å². The van der Waals surface area contributed by atoms with Crippen molar-refractivity contribution in [2.75, 3.05) is 6.26 Å². The molecule has 0 unspecified atom stereocenters. The molecule has 2 N–H and O–H groups in total. The first-order valence-electron chi connectivity index (χ1n) is 7.64. The van der Waals surface area contributed by atoms with Gasteiger partial charge in [-0.15, -0.1) is 0 Å². The number of halogens is 1. The first-order chi connectivity index (χ1) is 11.6. The highest BCUT2D eigenvalue weighted by Crippen LogP contribution is 2.21. The van der Waals surface area contributed by atoms with Gasteiger partial charge in [0.05, 0.1) is 17.0 Å². The normalized spacial score (nSPS) is 14.0. The first kappa shape index (κ1) is 19.4. The molecule has 0 aliphatic rings. The largest absolute Gasteiger partial charge is 0.386 e. The van der Waals surface area contributed by atoms with Gasteiger partial charge in [-0.25, -0.2) is 8.42 Å². The molecular weight excluding hydrogens is 362 g/mol. The molecule has 0 aliphatic heterocycles. The molecule has 1 amide bonds. The predicted molar refractivity (Wildman–Crippen MR) is 97.6 cm³/mol. The quantitative estimate of drug-likeness (QED) is 0.834. The van der Waals surface area contributed by atoms with E-state index >= 15 is 0 Å². The highest BCUT2D eigenvalue weighted by Gasteiger charge is 2.20. The van der Waals surface area contributed by atoms with Crippen LogP contribution >= 0.6 is 11.6 Å². The Balaban J connectivity index is 2.17. The van der Waals surface area contributed by atoms with Gasteiger partial charge in [0.1, 0.15) is 0 Å². The SMILES string of the molecule is Cc1ccc(C(=O)N[C@@H](C)[C@H](O)c2ccc(Cl)cc2)cc1S(C)(=O)=O. The van der Waals surface area contributed by atoms with Gasteiger partial charge in [0.15, 0.2) is 9.84 Å². The first-order valence-corrected chi connectivity index (χ1v) is 9.91. The number of amides is 1. The highest BCUT2D eigenvalue weighted by molar-refractivity contribution is 7.90. The third kappa shape index (κ3) is 4.81. The van der Waals surface area contributed by atoms with Gasteiger partial charge in [0.2, 0.25) is 0 Å². The molecule has 0 aromatic heterocycles. The van der Waals surface area contributed by atoms with Gasteiger partial charge in [0, 0.05) is 16.8 Å². The number of nitrogens with one attached hydrogen (secondary N) is 1. The lowest BCUT2D eigenvalue weighted by atomic mass is 10.0. The minimum absolute atomic E-state index is 0.117. The fourth-order valence-corrected chi connectivity index (χ4v) is 3.58. The van der Waals surface area contributed by atoms with E-state index in [1.165, 1.54) is 6.07 Å². The molecule has 7 heteroatoms. The fraction of sp³-hybridized carbons (Fsp3) is 0.278. The molecular formula is C18H20ClNO4S. The van der Waals surface area contributed by atoms with Crippen molar-refractivity contribution in [3.63, 3.8) is 0 Å². The van der Waals surface area contributed by atoms with Crippen LogP contribution in [0.4, 0.5) is 0 Å². The average molecular weight is 382 g/mol. The maximum atomic E-state index is 12.4.